The number of fused-ring (bicyclic) bond motifs is 15. The van der Waals surface area contributed by atoms with E-state index in [2.05, 4.69) is 278 Å². The molecule has 2 nitrogen and oxygen atoms in total. The van der Waals surface area contributed by atoms with E-state index in [1.165, 1.54) is 117 Å². The van der Waals surface area contributed by atoms with E-state index in [0.29, 0.717) is 0 Å². The Hall–Kier alpha value is -8.98. The van der Waals surface area contributed by atoms with Gasteiger partial charge in [-0.05, 0) is 120 Å². The van der Waals surface area contributed by atoms with Gasteiger partial charge in [-0.3, -0.25) is 0 Å². The third-order valence-electron chi connectivity index (χ3n) is 16.4. The fraction of sp³-hybridized carbons (Fsp3) is 0.0571. The topological polar surface area (TPSA) is 8.17 Å². The maximum Gasteiger partial charge on any atom is 0.0754 e. The van der Waals surface area contributed by atoms with Gasteiger partial charge >= 0.3 is 0 Å². The van der Waals surface area contributed by atoms with Crippen LogP contribution >= 0.6 is 0 Å². The molecule has 12 aromatic rings. The van der Waals surface area contributed by atoms with Crippen LogP contribution in [0.5, 0.6) is 0 Å². The summed E-state index contributed by atoms with van der Waals surface area (Å²) in [6.07, 6.45) is 0. The van der Waals surface area contributed by atoms with Gasteiger partial charge in [0, 0.05) is 33.0 Å². The zero-order valence-electron chi connectivity index (χ0n) is 40.1. The smallest absolute Gasteiger partial charge is 0.0754 e. The summed E-state index contributed by atoms with van der Waals surface area (Å²) in [5.41, 5.74) is 26.7. The summed E-state index contributed by atoms with van der Waals surface area (Å²) in [7, 11) is 0. The zero-order valence-corrected chi connectivity index (χ0v) is 40.1. The van der Waals surface area contributed by atoms with Gasteiger partial charge in [0.2, 0.25) is 0 Å². The Morgan fingerprint density at radius 1 is 0.319 bits per heavy atom. The van der Waals surface area contributed by atoms with E-state index in [-0.39, 0.29) is 5.41 Å². The summed E-state index contributed by atoms with van der Waals surface area (Å²) in [4.78, 5) is 2.53. The highest BCUT2D eigenvalue weighted by Crippen LogP contribution is 2.62. The normalized spacial score (nSPS) is 15.2. The molecule has 338 valence electrons. The summed E-state index contributed by atoms with van der Waals surface area (Å²) >= 11 is 0. The second kappa shape index (κ2) is 15.3. The van der Waals surface area contributed by atoms with Crippen LogP contribution in [0.3, 0.4) is 0 Å². The van der Waals surface area contributed by atoms with Crippen LogP contribution in [0.25, 0.3) is 83.1 Å². The molecule has 0 saturated carbocycles. The number of para-hydroxylation sites is 5. The van der Waals surface area contributed by atoms with Gasteiger partial charge < -0.3 is 9.47 Å². The lowest BCUT2D eigenvalue weighted by Gasteiger charge is -2.39. The molecule has 0 fully saturated rings. The van der Waals surface area contributed by atoms with Crippen molar-refractivity contribution in [3.63, 3.8) is 0 Å². The fourth-order valence-corrected chi connectivity index (χ4v) is 13.3. The molecule has 1 aromatic heterocycles. The summed E-state index contributed by atoms with van der Waals surface area (Å²) in [5, 5.41) is 2.57. The summed E-state index contributed by atoms with van der Waals surface area (Å²) in [6.45, 7) is 4.76. The molecule has 2 aliphatic carbocycles. The minimum atomic E-state index is -0.559. The van der Waals surface area contributed by atoms with Crippen LogP contribution in [-0.4, -0.2) is 4.57 Å². The third-order valence-corrected chi connectivity index (χ3v) is 16.4. The van der Waals surface area contributed by atoms with E-state index in [9.17, 15) is 0 Å². The van der Waals surface area contributed by atoms with Gasteiger partial charge in [-0.25, -0.2) is 0 Å². The van der Waals surface area contributed by atoms with Crippen molar-refractivity contribution in [2.45, 2.75) is 24.7 Å². The second-order valence-corrected chi connectivity index (χ2v) is 20.3. The number of rotatable bonds is 6. The lowest BCUT2D eigenvalue weighted by molar-refractivity contribution is 0.660. The van der Waals surface area contributed by atoms with E-state index in [4.69, 9.17) is 0 Å². The molecule has 0 radical (unpaired) electrons. The molecule has 2 heteroatoms. The molecule has 0 amide bonds. The van der Waals surface area contributed by atoms with Gasteiger partial charge in [0.25, 0.3) is 0 Å². The first-order chi connectivity index (χ1) is 35.5. The van der Waals surface area contributed by atoms with Gasteiger partial charge in [-0.2, -0.15) is 0 Å². The van der Waals surface area contributed by atoms with Crippen LogP contribution < -0.4 is 4.90 Å². The Kier molecular flexibility index (Phi) is 8.66. The average Bonchev–Trinajstić information content (AvgIpc) is 4.02. The van der Waals surface area contributed by atoms with Crippen molar-refractivity contribution in [2.24, 2.45) is 0 Å². The highest BCUT2D eigenvalue weighted by atomic mass is 15.1. The predicted octanol–water partition coefficient (Wildman–Crippen LogP) is 18.2. The molecule has 15 rings (SSSR count). The van der Waals surface area contributed by atoms with Crippen LogP contribution in [0.15, 0.2) is 255 Å². The maximum absolute atomic E-state index is 2.54. The number of aromatic nitrogens is 1. The minimum Gasteiger partial charge on any atom is -0.309 e. The van der Waals surface area contributed by atoms with E-state index in [1.807, 2.05) is 0 Å². The van der Waals surface area contributed by atoms with E-state index >= 15 is 0 Å². The molecule has 1 spiro atoms. The van der Waals surface area contributed by atoms with Crippen molar-refractivity contribution in [2.75, 3.05) is 4.90 Å². The largest absolute Gasteiger partial charge is 0.309 e. The molecule has 0 saturated heterocycles. The van der Waals surface area contributed by atoms with Crippen molar-refractivity contribution in [1.82, 2.24) is 4.57 Å². The van der Waals surface area contributed by atoms with Gasteiger partial charge in [0.05, 0.1) is 33.5 Å². The molecular formula is C70H48N2. The molecule has 1 aliphatic heterocycles. The minimum absolute atomic E-state index is 0.173. The first-order valence-electron chi connectivity index (χ1n) is 25.3. The highest BCUT2D eigenvalue weighted by molar-refractivity contribution is 6.13. The lowest BCUT2D eigenvalue weighted by atomic mass is 9.65. The van der Waals surface area contributed by atoms with E-state index < -0.39 is 5.41 Å². The molecule has 11 aromatic carbocycles. The summed E-state index contributed by atoms with van der Waals surface area (Å²) in [6, 6.07) is 95.4. The van der Waals surface area contributed by atoms with Crippen molar-refractivity contribution < 1.29 is 0 Å². The van der Waals surface area contributed by atoms with Crippen molar-refractivity contribution >= 4 is 38.9 Å². The number of hydrogen-bond acceptors (Lipinski definition) is 1. The highest BCUT2D eigenvalue weighted by Gasteiger charge is 2.51. The SMILES string of the molecule is CC1(C)c2ccccc2-c2ccc(N(c3ccccc3-c3ccc(-c4ccccc4)cc3)c3ccccc3-c3ccc4c(c3)C3(c5ccccc5-4)c4ccccc4-n4c5ccccc5c5cccc3c54)cc21. The number of benzene rings is 11. The molecule has 0 bridgehead atoms. The average molecular weight is 917 g/mol. The summed E-state index contributed by atoms with van der Waals surface area (Å²) in [5.74, 6) is 0. The van der Waals surface area contributed by atoms with Gasteiger partial charge in [-0.1, -0.05) is 226 Å². The number of nitrogens with zero attached hydrogens (tertiary/aromatic N) is 2. The van der Waals surface area contributed by atoms with Gasteiger partial charge in [0.15, 0.2) is 0 Å². The standard InChI is InChI=1S/C70H48N2/c1-69(2)58-27-11-6-23-52(58)54-42-40-49(44-62(54)69)71(64-31-14-8-21-50(64)47-37-35-46(36-38-47)45-19-4-3-5-20-45)65-32-15-9-22-51(65)48-39-41-55-53-24-7-12-28-59(53)70(63(55)43-48)60-29-13-17-34-67(60)72-66-33-16-10-25-56(66)57-26-18-30-61(70)68(57)72/h3-44H,1-2H3. The Labute approximate surface area is 420 Å². The third kappa shape index (κ3) is 5.55. The van der Waals surface area contributed by atoms with E-state index in [0.717, 1.165) is 17.1 Å². The number of anilines is 3. The maximum atomic E-state index is 2.54. The molecule has 3 aliphatic rings. The van der Waals surface area contributed by atoms with Crippen LogP contribution in [0.2, 0.25) is 0 Å². The Morgan fingerprint density at radius 3 is 1.61 bits per heavy atom. The molecule has 0 N–H and O–H groups in total. The Bertz CT molecular complexity index is 4190. The molecule has 72 heavy (non-hydrogen) atoms. The molecular weight excluding hydrogens is 869 g/mol. The Morgan fingerprint density at radius 2 is 0.833 bits per heavy atom. The number of hydrogen-bond donors (Lipinski definition) is 0. The quantitative estimate of drug-likeness (QED) is 0.161. The predicted molar refractivity (Wildman–Crippen MR) is 300 cm³/mol. The van der Waals surface area contributed by atoms with Crippen molar-refractivity contribution in [3.05, 3.63) is 288 Å². The van der Waals surface area contributed by atoms with Gasteiger partial charge in [0.1, 0.15) is 0 Å². The van der Waals surface area contributed by atoms with Gasteiger partial charge in [-0.15, -0.1) is 0 Å². The fourth-order valence-electron chi connectivity index (χ4n) is 13.3. The first kappa shape index (κ1) is 40.9. The summed E-state index contributed by atoms with van der Waals surface area (Å²) < 4.78 is 2.53. The van der Waals surface area contributed by atoms with Crippen LogP contribution in [-0.2, 0) is 10.8 Å². The zero-order chi connectivity index (χ0) is 47.7. The molecule has 1 unspecified atom stereocenters. The van der Waals surface area contributed by atoms with Crippen molar-refractivity contribution in [1.29, 1.82) is 0 Å². The molecule has 1 atom stereocenters. The monoisotopic (exact) mass is 916 g/mol. The first-order valence-corrected chi connectivity index (χ1v) is 25.3. The van der Waals surface area contributed by atoms with Crippen LogP contribution in [0, 0.1) is 0 Å². The van der Waals surface area contributed by atoms with Crippen molar-refractivity contribution in [3.8, 4) is 61.3 Å². The molecule has 2 heterocycles. The van der Waals surface area contributed by atoms with E-state index in [1.54, 1.807) is 0 Å². The van der Waals surface area contributed by atoms with Crippen LogP contribution in [0.4, 0.5) is 17.1 Å². The Balaban J connectivity index is 0.969. The lowest BCUT2D eigenvalue weighted by Crippen LogP contribution is -2.33. The van der Waals surface area contributed by atoms with Crippen LogP contribution in [0.1, 0.15) is 47.2 Å². The second-order valence-electron chi connectivity index (χ2n) is 20.3.